The number of nitrogens with zero attached hydrogens (tertiary/aromatic N) is 3. The van der Waals surface area contributed by atoms with Gasteiger partial charge in [-0.05, 0) is 33.9 Å². The van der Waals surface area contributed by atoms with Gasteiger partial charge in [0.25, 0.3) is 0 Å². The number of ether oxygens (including phenoxy) is 1. The Morgan fingerprint density at radius 2 is 2.18 bits per heavy atom. The molecule has 0 aliphatic rings. The van der Waals surface area contributed by atoms with E-state index in [1.165, 1.54) is 0 Å². The Bertz CT molecular complexity index is 343. The Kier molecular flexibility index (Phi) is 5.69. The molecule has 0 bridgehead atoms. The first kappa shape index (κ1) is 13.7. The van der Waals surface area contributed by atoms with E-state index in [0.29, 0.717) is 12.5 Å². The smallest absolute Gasteiger partial charge is 0.221 e. The molecule has 0 unspecified atom stereocenters. The Balaban J connectivity index is 2.72. The molecule has 0 aromatic carbocycles. The molecule has 0 atom stereocenters. The van der Waals surface area contributed by atoms with Crippen LogP contribution < -0.4 is 15.0 Å². The zero-order valence-corrected chi connectivity index (χ0v) is 11.2. The molecule has 0 aliphatic carbocycles. The summed E-state index contributed by atoms with van der Waals surface area (Å²) in [7, 11) is 4.00. The van der Waals surface area contributed by atoms with Gasteiger partial charge in [-0.1, -0.05) is 0 Å². The molecule has 0 saturated carbocycles. The fourth-order valence-corrected chi connectivity index (χ4v) is 1.69. The van der Waals surface area contributed by atoms with Crippen molar-refractivity contribution >= 4 is 5.82 Å². The summed E-state index contributed by atoms with van der Waals surface area (Å²) in [6.07, 6.45) is 2.64. The van der Waals surface area contributed by atoms with Gasteiger partial charge < -0.3 is 15.0 Å². The summed E-state index contributed by atoms with van der Waals surface area (Å²) < 4.78 is 5.46. The standard InChI is InChI=1S/C12H22N4O/c1-5-17-12-10(2)11(14-9-15-12)16(4)8-6-7-13-3/h9,13H,5-8H2,1-4H3. The van der Waals surface area contributed by atoms with Crippen molar-refractivity contribution in [3.05, 3.63) is 11.9 Å². The fraction of sp³-hybridized carbons (Fsp3) is 0.667. The average Bonchev–Trinajstić information content (AvgIpc) is 2.32. The summed E-state index contributed by atoms with van der Waals surface area (Å²) in [5.74, 6) is 1.62. The largest absolute Gasteiger partial charge is 0.478 e. The molecule has 1 aromatic rings. The molecule has 0 saturated heterocycles. The normalized spacial score (nSPS) is 10.4. The molecule has 1 heterocycles. The summed E-state index contributed by atoms with van der Waals surface area (Å²) in [5, 5.41) is 3.14. The molecule has 17 heavy (non-hydrogen) atoms. The van der Waals surface area contributed by atoms with Crippen molar-refractivity contribution in [2.24, 2.45) is 0 Å². The third kappa shape index (κ3) is 3.85. The van der Waals surface area contributed by atoms with Gasteiger partial charge in [0.2, 0.25) is 5.88 Å². The molecular weight excluding hydrogens is 216 g/mol. The van der Waals surface area contributed by atoms with E-state index >= 15 is 0 Å². The van der Waals surface area contributed by atoms with E-state index in [9.17, 15) is 0 Å². The van der Waals surface area contributed by atoms with Gasteiger partial charge >= 0.3 is 0 Å². The molecule has 0 spiro atoms. The molecule has 0 radical (unpaired) electrons. The SMILES string of the molecule is CCOc1ncnc(N(C)CCCNC)c1C. The minimum atomic E-state index is 0.626. The molecule has 1 aromatic heterocycles. The highest BCUT2D eigenvalue weighted by atomic mass is 16.5. The molecule has 0 aliphatic heterocycles. The van der Waals surface area contributed by atoms with Crippen molar-refractivity contribution in [3.63, 3.8) is 0 Å². The third-order valence-electron chi connectivity index (χ3n) is 2.57. The maximum atomic E-state index is 5.46. The summed E-state index contributed by atoms with van der Waals surface area (Å²) >= 11 is 0. The second-order valence-electron chi connectivity index (χ2n) is 3.94. The first-order chi connectivity index (χ1) is 8.20. The molecule has 5 heteroatoms. The van der Waals surface area contributed by atoms with Crippen molar-refractivity contribution in [3.8, 4) is 5.88 Å². The van der Waals surface area contributed by atoms with Gasteiger partial charge in [-0.25, -0.2) is 9.97 Å². The van der Waals surface area contributed by atoms with Crippen LogP contribution in [0, 0.1) is 6.92 Å². The van der Waals surface area contributed by atoms with Gasteiger partial charge in [0.15, 0.2) is 0 Å². The maximum Gasteiger partial charge on any atom is 0.221 e. The molecule has 1 rings (SSSR count). The van der Waals surface area contributed by atoms with Crippen LogP contribution in [-0.4, -0.2) is 43.8 Å². The van der Waals surface area contributed by atoms with E-state index in [1.54, 1.807) is 6.33 Å². The third-order valence-corrected chi connectivity index (χ3v) is 2.57. The number of hydrogen-bond donors (Lipinski definition) is 1. The van der Waals surface area contributed by atoms with Crippen molar-refractivity contribution in [1.29, 1.82) is 0 Å². The first-order valence-electron chi connectivity index (χ1n) is 6.00. The number of hydrogen-bond acceptors (Lipinski definition) is 5. The van der Waals surface area contributed by atoms with Crippen molar-refractivity contribution in [1.82, 2.24) is 15.3 Å². The van der Waals surface area contributed by atoms with E-state index in [1.807, 2.05) is 27.9 Å². The van der Waals surface area contributed by atoms with Gasteiger partial charge in [0.05, 0.1) is 12.2 Å². The molecule has 1 N–H and O–H groups in total. The Hall–Kier alpha value is -1.36. The lowest BCUT2D eigenvalue weighted by atomic mass is 10.3. The zero-order chi connectivity index (χ0) is 12.7. The number of rotatable bonds is 7. The lowest BCUT2D eigenvalue weighted by Crippen LogP contribution is -2.24. The van der Waals surface area contributed by atoms with Crippen LogP contribution in [0.4, 0.5) is 5.82 Å². The summed E-state index contributed by atoms with van der Waals surface area (Å²) in [6.45, 7) is 6.55. The lowest BCUT2D eigenvalue weighted by Gasteiger charge is -2.20. The zero-order valence-electron chi connectivity index (χ0n) is 11.2. The van der Waals surface area contributed by atoms with Crippen LogP contribution in [0.25, 0.3) is 0 Å². The Morgan fingerprint density at radius 1 is 1.41 bits per heavy atom. The van der Waals surface area contributed by atoms with E-state index in [2.05, 4.69) is 20.2 Å². The Labute approximate surface area is 103 Å². The van der Waals surface area contributed by atoms with Crippen molar-refractivity contribution in [2.45, 2.75) is 20.3 Å². The van der Waals surface area contributed by atoms with Gasteiger partial charge in [-0.2, -0.15) is 0 Å². The predicted molar refractivity (Wildman–Crippen MR) is 69.8 cm³/mol. The lowest BCUT2D eigenvalue weighted by molar-refractivity contribution is 0.323. The van der Waals surface area contributed by atoms with E-state index < -0.39 is 0 Å². The van der Waals surface area contributed by atoms with Crippen LogP contribution >= 0.6 is 0 Å². The molecular formula is C12H22N4O. The summed E-state index contributed by atoms with van der Waals surface area (Å²) in [5.41, 5.74) is 1.00. The van der Waals surface area contributed by atoms with Crippen LogP contribution in [0.1, 0.15) is 18.9 Å². The molecule has 0 amide bonds. The minimum absolute atomic E-state index is 0.626. The summed E-state index contributed by atoms with van der Waals surface area (Å²) in [6, 6.07) is 0. The second kappa shape index (κ2) is 7.06. The van der Waals surface area contributed by atoms with Gasteiger partial charge in [0, 0.05) is 13.6 Å². The van der Waals surface area contributed by atoms with E-state index in [4.69, 9.17) is 4.74 Å². The molecule has 96 valence electrons. The highest BCUT2D eigenvalue weighted by Gasteiger charge is 2.11. The summed E-state index contributed by atoms with van der Waals surface area (Å²) in [4.78, 5) is 10.6. The van der Waals surface area contributed by atoms with Gasteiger partial charge in [-0.3, -0.25) is 0 Å². The van der Waals surface area contributed by atoms with Crippen LogP contribution in [-0.2, 0) is 0 Å². The quantitative estimate of drug-likeness (QED) is 0.724. The van der Waals surface area contributed by atoms with Crippen LogP contribution in [0.5, 0.6) is 5.88 Å². The highest BCUT2D eigenvalue weighted by Crippen LogP contribution is 2.22. The average molecular weight is 238 g/mol. The van der Waals surface area contributed by atoms with E-state index in [0.717, 1.165) is 30.9 Å². The molecule has 0 fully saturated rings. The maximum absolute atomic E-state index is 5.46. The fourth-order valence-electron chi connectivity index (χ4n) is 1.69. The molecule has 5 nitrogen and oxygen atoms in total. The van der Waals surface area contributed by atoms with Gasteiger partial charge in [-0.15, -0.1) is 0 Å². The monoisotopic (exact) mass is 238 g/mol. The van der Waals surface area contributed by atoms with Crippen LogP contribution in [0.2, 0.25) is 0 Å². The second-order valence-corrected chi connectivity index (χ2v) is 3.94. The minimum Gasteiger partial charge on any atom is -0.478 e. The van der Waals surface area contributed by atoms with E-state index in [-0.39, 0.29) is 0 Å². The highest BCUT2D eigenvalue weighted by molar-refractivity contribution is 5.49. The first-order valence-corrected chi connectivity index (χ1v) is 6.00. The van der Waals surface area contributed by atoms with Crippen molar-refractivity contribution in [2.75, 3.05) is 38.7 Å². The van der Waals surface area contributed by atoms with Crippen molar-refractivity contribution < 1.29 is 4.74 Å². The number of anilines is 1. The number of nitrogens with one attached hydrogen (secondary N) is 1. The number of aromatic nitrogens is 2. The van der Waals surface area contributed by atoms with Crippen LogP contribution in [0.15, 0.2) is 6.33 Å². The Morgan fingerprint density at radius 3 is 2.82 bits per heavy atom. The topological polar surface area (TPSA) is 50.3 Å². The van der Waals surface area contributed by atoms with Crippen LogP contribution in [0.3, 0.4) is 0 Å². The predicted octanol–water partition coefficient (Wildman–Crippen LogP) is 1.23. The van der Waals surface area contributed by atoms with Gasteiger partial charge in [0.1, 0.15) is 12.1 Å².